The molecular formula is C43H31NO. The van der Waals surface area contributed by atoms with Crippen molar-refractivity contribution in [1.82, 2.24) is 0 Å². The van der Waals surface area contributed by atoms with Gasteiger partial charge in [-0.25, -0.2) is 0 Å². The Labute approximate surface area is 263 Å². The van der Waals surface area contributed by atoms with Gasteiger partial charge in [-0.05, 0) is 88.5 Å². The molecule has 0 unspecified atom stereocenters. The van der Waals surface area contributed by atoms with E-state index in [9.17, 15) is 0 Å². The van der Waals surface area contributed by atoms with Crippen molar-refractivity contribution in [3.63, 3.8) is 0 Å². The van der Waals surface area contributed by atoms with E-state index in [0.717, 1.165) is 44.9 Å². The van der Waals surface area contributed by atoms with E-state index in [4.69, 9.17) is 4.42 Å². The minimum atomic E-state index is 0.907. The molecule has 1 heterocycles. The summed E-state index contributed by atoms with van der Waals surface area (Å²) in [5, 5.41) is 3.65. The zero-order valence-corrected chi connectivity index (χ0v) is 25.0. The summed E-state index contributed by atoms with van der Waals surface area (Å²) in [6, 6.07) is 60.3. The molecule has 0 fully saturated rings. The van der Waals surface area contributed by atoms with Crippen LogP contribution in [0.5, 0.6) is 0 Å². The van der Waals surface area contributed by atoms with Crippen LogP contribution in [0.15, 0.2) is 174 Å². The largest absolute Gasteiger partial charge is 0.456 e. The molecule has 0 bridgehead atoms. The van der Waals surface area contributed by atoms with Gasteiger partial charge in [-0.15, -0.1) is 0 Å². The molecule has 2 nitrogen and oxygen atoms in total. The second-order valence-electron chi connectivity index (χ2n) is 11.5. The molecule has 214 valence electrons. The van der Waals surface area contributed by atoms with Gasteiger partial charge in [0.15, 0.2) is 0 Å². The van der Waals surface area contributed by atoms with Crippen molar-refractivity contribution in [2.75, 3.05) is 4.90 Å². The van der Waals surface area contributed by atoms with Crippen LogP contribution in [0.2, 0.25) is 0 Å². The third kappa shape index (κ3) is 5.07. The Hall–Kier alpha value is -5.86. The molecule has 7 aromatic carbocycles. The number of fused-ring (bicyclic) bond motifs is 2. The Morgan fingerprint density at radius 1 is 0.400 bits per heavy atom. The van der Waals surface area contributed by atoms with Gasteiger partial charge in [0.1, 0.15) is 11.3 Å². The van der Waals surface area contributed by atoms with Gasteiger partial charge in [-0.3, -0.25) is 0 Å². The number of rotatable bonds is 6. The first-order chi connectivity index (χ1) is 22.2. The predicted molar refractivity (Wildman–Crippen MR) is 189 cm³/mol. The SMILES string of the molecule is Cc1c(-c2cccc(N(c3ccc(-c4ccccc4)cc3)c3ccc(-c4ccc5ccccc5c4)cc3)c2)oc2ccccc12. The Morgan fingerprint density at radius 2 is 0.978 bits per heavy atom. The summed E-state index contributed by atoms with van der Waals surface area (Å²) >= 11 is 0. The van der Waals surface area contributed by atoms with Crippen LogP contribution in [0.4, 0.5) is 17.1 Å². The highest BCUT2D eigenvalue weighted by molar-refractivity contribution is 5.90. The summed E-state index contributed by atoms with van der Waals surface area (Å²) in [6.07, 6.45) is 0. The molecule has 1 aromatic heterocycles. The van der Waals surface area contributed by atoms with Gasteiger partial charge in [0.05, 0.1) is 0 Å². The lowest BCUT2D eigenvalue weighted by molar-refractivity contribution is 0.629. The van der Waals surface area contributed by atoms with Crippen LogP contribution in [0.25, 0.3) is 55.3 Å². The summed E-state index contributed by atoms with van der Waals surface area (Å²) in [7, 11) is 0. The van der Waals surface area contributed by atoms with Crippen LogP contribution in [-0.2, 0) is 0 Å². The molecule has 0 aliphatic carbocycles. The lowest BCUT2D eigenvalue weighted by atomic mass is 10.0. The summed E-state index contributed by atoms with van der Waals surface area (Å²) < 4.78 is 6.37. The number of nitrogens with zero attached hydrogens (tertiary/aromatic N) is 1. The predicted octanol–water partition coefficient (Wildman–Crippen LogP) is 12.4. The Morgan fingerprint density at radius 3 is 1.71 bits per heavy atom. The van der Waals surface area contributed by atoms with E-state index in [1.165, 1.54) is 33.0 Å². The Bertz CT molecular complexity index is 2260. The molecule has 0 amide bonds. The van der Waals surface area contributed by atoms with Crippen molar-refractivity contribution in [2.45, 2.75) is 6.92 Å². The average Bonchev–Trinajstić information content (AvgIpc) is 3.45. The molecule has 0 saturated carbocycles. The van der Waals surface area contributed by atoms with Gasteiger partial charge in [-0.1, -0.05) is 121 Å². The van der Waals surface area contributed by atoms with Crippen molar-refractivity contribution in [2.24, 2.45) is 0 Å². The summed E-state index contributed by atoms with van der Waals surface area (Å²) in [6.45, 7) is 2.14. The zero-order chi connectivity index (χ0) is 30.2. The van der Waals surface area contributed by atoms with Crippen molar-refractivity contribution in [3.05, 3.63) is 175 Å². The van der Waals surface area contributed by atoms with Crippen molar-refractivity contribution < 1.29 is 4.42 Å². The van der Waals surface area contributed by atoms with Crippen LogP contribution < -0.4 is 4.90 Å². The van der Waals surface area contributed by atoms with E-state index in [1.807, 2.05) is 12.1 Å². The first-order valence-electron chi connectivity index (χ1n) is 15.3. The number of furan rings is 1. The number of hydrogen-bond donors (Lipinski definition) is 0. The van der Waals surface area contributed by atoms with Crippen molar-refractivity contribution in [3.8, 4) is 33.6 Å². The molecule has 0 aliphatic heterocycles. The highest BCUT2D eigenvalue weighted by atomic mass is 16.3. The van der Waals surface area contributed by atoms with E-state index in [1.54, 1.807) is 0 Å². The van der Waals surface area contributed by atoms with Crippen LogP contribution >= 0.6 is 0 Å². The van der Waals surface area contributed by atoms with Crippen LogP contribution in [0.3, 0.4) is 0 Å². The topological polar surface area (TPSA) is 16.4 Å². The molecule has 2 heteroatoms. The molecule has 0 aliphatic rings. The molecular weight excluding hydrogens is 546 g/mol. The standard InChI is InChI=1S/C43H31NO/c1-30-41-16-7-8-17-42(41)45-43(30)37-14-9-15-40(29-37)44(38-24-20-33(21-25-38)31-10-3-2-4-11-31)39-26-22-34(23-27-39)36-19-18-32-12-5-6-13-35(32)28-36/h2-29H,1H3. The van der Waals surface area contributed by atoms with Gasteiger partial charge in [0.2, 0.25) is 0 Å². The lowest BCUT2D eigenvalue weighted by Crippen LogP contribution is -2.10. The molecule has 8 rings (SSSR count). The fraction of sp³-hybridized carbons (Fsp3) is 0.0233. The summed E-state index contributed by atoms with van der Waals surface area (Å²) in [5.74, 6) is 0.907. The summed E-state index contributed by atoms with van der Waals surface area (Å²) in [5.41, 5.74) is 11.2. The quantitative estimate of drug-likeness (QED) is 0.195. The maximum Gasteiger partial charge on any atom is 0.138 e. The number of hydrogen-bond acceptors (Lipinski definition) is 2. The van der Waals surface area contributed by atoms with E-state index < -0.39 is 0 Å². The van der Waals surface area contributed by atoms with Crippen LogP contribution in [0.1, 0.15) is 5.56 Å². The summed E-state index contributed by atoms with van der Waals surface area (Å²) in [4.78, 5) is 2.32. The van der Waals surface area contributed by atoms with E-state index >= 15 is 0 Å². The molecule has 0 saturated heterocycles. The zero-order valence-electron chi connectivity index (χ0n) is 25.0. The van der Waals surface area contributed by atoms with E-state index in [-0.39, 0.29) is 0 Å². The van der Waals surface area contributed by atoms with Crippen molar-refractivity contribution in [1.29, 1.82) is 0 Å². The molecule has 0 spiro atoms. The van der Waals surface area contributed by atoms with Gasteiger partial charge in [0.25, 0.3) is 0 Å². The van der Waals surface area contributed by atoms with Gasteiger partial charge in [0, 0.05) is 33.6 Å². The maximum atomic E-state index is 6.37. The fourth-order valence-corrected chi connectivity index (χ4v) is 6.29. The maximum absolute atomic E-state index is 6.37. The van der Waals surface area contributed by atoms with E-state index in [2.05, 4.69) is 170 Å². The Balaban J connectivity index is 1.21. The van der Waals surface area contributed by atoms with Crippen molar-refractivity contribution >= 4 is 38.8 Å². The minimum Gasteiger partial charge on any atom is -0.456 e. The first-order valence-corrected chi connectivity index (χ1v) is 15.3. The average molecular weight is 578 g/mol. The second-order valence-corrected chi connectivity index (χ2v) is 11.5. The normalized spacial score (nSPS) is 11.2. The van der Waals surface area contributed by atoms with E-state index in [0.29, 0.717) is 0 Å². The fourth-order valence-electron chi connectivity index (χ4n) is 6.29. The number of anilines is 3. The third-order valence-electron chi connectivity index (χ3n) is 8.65. The first kappa shape index (κ1) is 26.7. The molecule has 0 N–H and O–H groups in total. The van der Waals surface area contributed by atoms with Gasteiger partial charge >= 0.3 is 0 Å². The number of para-hydroxylation sites is 1. The smallest absolute Gasteiger partial charge is 0.138 e. The highest BCUT2D eigenvalue weighted by Crippen LogP contribution is 2.40. The van der Waals surface area contributed by atoms with Crippen LogP contribution in [0, 0.1) is 6.92 Å². The second kappa shape index (κ2) is 11.3. The molecule has 45 heavy (non-hydrogen) atoms. The van der Waals surface area contributed by atoms with Gasteiger partial charge < -0.3 is 9.32 Å². The number of aryl methyl sites for hydroxylation is 1. The van der Waals surface area contributed by atoms with Crippen LogP contribution in [-0.4, -0.2) is 0 Å². The molecule has 8 aromatic rings. The number of benzene rings is 7. The minimum absolute atomic E-state index is 0.907. The lowest BCUT2D eigenvalue weighted by Gasteiger charge is -2.26. The third-order valence-corrected chi connectivity index (χ3v) is 8.65. The monoisotopic (exact) mass is 577 g/mol. The highest BCUT2D eigenvalue weighted by Gasteiger charge is 2.17. The molecule has 0 radical (unpaired) electrons. The van der Waals surface area contributed by atoms with Gasteiger partial charge in [-0.2, -0.15) is 0 Å². The molecule has 0 atom stereocenters. The Kier molecular flexibility index (Phi) is 6.73.